The molecule has 1 atom stereocenters. The fourth-order valence-corrected chi connectivity index (χ4v) is 4.00. The number of hydrogen-bond donors (Lipinski definition) is 4. The minimum Gasteiger partial charge on any atom is -0.477 e. The number of carboxylic acid groups (broad SMARTS) is 2. The van der Waals surface area contributed by atoms with Crippen LogP contribution in [0.4, 0.5) is 0 Å². The number of nitrogens with two attached hydrogens (primary N) is 1. The Morgan fingerprint density at radius 2 is 1.48 bits per heavy atom. The number of carbonyl (C=O) groups excluding carboxylic acids is 2. The van der Waals surface area contributed by atoms with Gasteiger partial charge in [-0.3, -0.25) is 4.79 Å². The average Bonchev–Trinajstić information content (AvgIpc) is 2.96. The summed E-state index contributed by atoms with van der Waals surface area (Å²) in [5.41, 5.74) is 5.65. The van der Waals surface area contributed by atoms with Crippen LogP contribution in [-0.2, 0) is 14.3 Å². The van der Waals surface area contributed by atoms with Crippen molar-refractivity contribution in [3.8, 4) is 0 Å². The van der Waals surface area contributed by atoms with Crippen molar-refractivity contribution in [2.45, 2.75) is 15.8 Å². The molecule has 21 heteroatoms. The predicted octanol–water partition coefficient (Wildman–Crippen LogP) is 5.21. The van der Waals surface area contributed by atoms with Gasteiger partial charge in [0.15, 0.2) is 28.0 Å². The van der Waals surface area contributed by atoms with Gasteiger partial charge in [0.25, 0.3) is 0 Å². The number of ether oxygens (including phenoxy) is 1. The van der Waals surface area contributed by atoms with Crippen molar-refractivity contribution >= 4 is 146 Å². The summed E-state index contributed by atoms with van der Waals surface area (Å²) in [4.78, 5) is 57.2. The second-order valence-corrected chi connectivity index (χ2v) is 12.3. The number of halogens is 5. The second-order valence-electron chi connectivity index (χ2n) is 5.75. The van der Waals surface area contributed by atoms with Gasteiger partial charge in [0.1, 0.15) is 9.98 Å². The maximum absolute atomic E-state index is 11.2. The average molecular weight is 988 g/mol. The Hall–Kier alpha value is -0.400. The molecule has 2 aromatic heterocycles. The molecular weight excluding hydrogens is 967 g/mol. The number of nitrogens with one attached hydrogen (secondary N) is 1. The van der Waals surface area contributed by atoms with E-state index in [0.717, 1.165) is 0 Å². The monoisotopic (exact) mass is 984 g/mol. The molecule has 2 heterocycles. The zero-order valence-corrected chi connectivity index (χ0v) is 31.7. The summed E-state index contributed by atoms with van der Waals surface area (Å²) in [6.07, 6.45) is 8.95. The third kappa shape index (κ3) is 17.5. The van der Waals surface area contributed by atoms with E-state index in [4.69, 9.17) is 15.9 Å². The lowest BCUT2D eigenvalue weighted by Gasteiger charge is -2.01. The molecule has 0 bridgehead atoms. The first-order chi connectivity index (χ1) is 18.7. The molecule has 5 N–H and O–H groups in total. The van der Waals surface area contributed by atoms with Crippen LogP contribution in [0.1, 0.15) is 21.0 Å². The Morgan fingerprint density at radius 3 is 1.75 bits per heavy atom. The highest BCUT2D eigenvalue weighted by atomic mass is 127. The van der Waals surface area contributed by atoms with Gasteiger partial charge in [-0.2, -0.15) is 0 Å². The first kappa shape index (κ1) is 41.7. The Labute approximate surface area is 289 Å². The summed E-state index contributed by atoms with van der Waals surface area (Å²) < 4.78 is 8.13. The summed E-state index contributed by atoms with van der Waals surface area (Å²) in [7, 11) is 1.32. The van der Waals surface area contributed by atoms with Gasteiger partial charge < -0.3 is 20.7 Å². The Morgan fingerprint density at radius 1 is 1.02 bits per heavy atom. The molecule has 0 saturated carbocycles. The normalized spacial score (nSPS) is 11.1. The summed E-state index contributed by atoms with van der Waals surface area (Å²) in [6, 6.07) is 0. The smallest absolute Gasteiger partial charge is 0.358 e. The van der Waals surface area contributed by atoms with Crippen LogP contribution in [-0.4, -0.2) is 85.7 Å². The molecule has 0 spiro atoms. The first-order valence-corrected chi connectivity index (χ1v) is 17.6. The number of carbonyl (C=O) groups is 4. The maximum Gasteiger partial charge on any atom is 0.358 e. The number of aromatic nitrogens is 4. The molecule has 0 fully saturated rings. The Kier molecular flexibility index (Phi) is 25.1. The number of methoxy groups -OCH3 is 1. The fraction of sp³-hybridized carbons (Fsp3) is 0.263. The Bertz CT molecular complexity index is 1180. The van der Waals surface area contributed by atoms with Gasteiger partial charge in [-0.25, -0.2) is 37.8 Å². The van der Waals surface area contributed by atoms with Crippen LogP contribution >= 0.6 is 122 Å². The van der Waals surface area contributed by atoms with Crippen molar-refractivity contribution in [3.63, 3.8) is 0 Å². The van der Waals surface area contributed by atoms with E-state index in [1.54, 1.807) is 18.0 Å². The number of aromatic carboxylic acids is 1. The largest absolute Gasteiger partial charge is 0.477 e. The van der Waals surface area contributed by atoms with Crippen LogP contribution in [0.5, 0.6) is 0 Å². The molecule has 0 aromatic carbocycles. The van der Waals surface area contributed by atoms with Crippen LogP contribution in [0.3, 0.4) is 0 Å². The minimum atomic E-state index is -1.17. The lowest BCUT2D eigenvalue weighted by Crippen LogP contribution is -2.25. The summed E-state index contributed by atoms with van der Waals surface area (Å²) in [5, 5.41) is 17.8. The minimum absolute atomic E-state index is 0.00463. The number of rotatable bonds is 8. The van der Waals surface area contributed by atoms with Crippen LogP contribution in [0.15, 0.2) is 40.6 Å². The molecule has 13 nitrogen and oxygen atoms in total. The van der Waals surface area contributed by atoms with E-state index in [-0.39, 0.29) is 25.9 Å². The van der Waals surface area contributed by atoms with Crippen molar-refractivity contribution in [2.24, 2.45) is 5.73 Å². The molecule has 0 aliphatic carbocycles. The van der Waals surface area contributed by atoms with Gasteiger partial charge in [-0.1, -0.05) is 23.5 Å². The van der Waals surface area contributed by atoms with E-state index in [0.29, 0.717) is 25.5 Å². The van der Waals surface area contributed by atoms with Crippen molar-refractivity contribution < 1.29 is 34.1 Å². The molecule has 0 amide bonds. The molecule has 40 heavy (non-hydrogen) atoms. The number of allylic oxidation sites excluding steroid dienone is 1. The van der Waals surface area contributed by atoms with Crippen molar-refractivity contribution in [1.82, 2.24) is 23.5 Å². The number of carboxylic acids is 2. The zero-order valence-electron chi connectivity index (χ0n) is 20.7. The van der Waals surface area contributed by atoms with Gasteiger partial charge in [0.05, 0.1) is 20.5 Å². The topological polar surface area (TPSA) is 208 Å². The van der Waals surface area contributed by atoms with Gasteiger partial charge in [-0.15, -0.1) is 11.8 Å². The number of nitrogens with zero attached hydrogens (tertiary/aromatic N) is 4. The van der Waals surface area contributed by atoms with Crippen LogP contribution in [0.25, 0.3) is 0 Å². The van der Waals surface area contributed by atoms with Crippen molar-refractivity contribution in [2.75, 3.05) is 25.9 Å². The van der Waals surface area contributed by atoms with Gasteiger partial charge >= 0.3 is 17.9 Å². The van der Waals surface area contributed by atoms with Crippen molar-refractivity contribution in [1.29, 1.82) is 0 Å². The molecule has 0 aliphatic heterocycles. The van der Waals surface area contributed by atoms with E-state index < -0.39 is 17.9 Å². The molecule has 2 aromatic rings. The Balaban J connectivity index is 0. The van der Waals surface area contributed by atoms with E-state index in [2.05, 4.69) is 91.9 Å². The quantitative estimate of drug-likeness (QED) is 0.0392. The third-order valence-electron chi connectivity index (χ3n) is 3.25. The van der Waals surface area contributed by atoms with E-state index in [1.165, 1.54) is 43.0 Å². The number of aliphatic carboxylic acids is 1. The van der Waals surface area contributed by atoms with Gasteiger partial charge in [0, 0.05) is 35.3 Å². The summed E-state index contributed by atoms with van der Waals surface area (Å²) >= 11 is 17.9. The highest BCUT2D eigenvalue weighted by Crippen LogP contribution is 2.18. The number of aldehydes is 1. The van der Waals surface area contributed by atoms with E-state index >= 15 is 0 Å². The number of hydrogen-bond acceptors (Lipinski definition) is 14. The molecular formula is C19H21Br4IN6O7S3. The molecule has 2 rings (SSSR count). The molecule has 0 aliphatic rings. The van der Waals surface area contributed by atoms with E-state index in [9.17, 15) is 19.2 Å². The molecule has 0 radical (unpaired) electrons. The molecule has 0 saturated heterocycles. The highest BCUT2D eigenvalue weighted by molar-refractivity contribution is 14.1. The zero-order chi connectivity index (χ0) is 31.4. The third-order valence-corrected chi connectivity index (χ3v) is 9.14. The predicted molar refractivity (Wildman–Crippen MR) is 179 cm³/mol. The van der Waals surface area contributed by atoms with Crippen LogP contribution < -0.4 is 9.26 Å². The lowest BCUT2D eigenvalue weighted by atomic mass is 10.4. The fourth-order valence-electron chi connectivity index (χ4n) is 1.49. The SMILES string of the molecule is COC(=O)c1nc(SC)ncc1Br.CSC(N)NI.CSc1ncc(Br)c(C(=O)O)n1.O=C/C(Br)=C(\Br)C(=O)O. The first-order valence-electron chi connectivity index (χ1n) is 9.57. The van der Waals surface area contributed by atoms with Gasteiger partial charge in [0.2, 0.25) is 0 Å². The van der Waals surface area contributed by atoms with Crippen LogP contribution in [0.2, 0.25) is 0 Å². The molecule has 1 unspecified atom stereocenters. The summed E-state index contributed by atoms with van der Waals surface area (Å²) in [6.45, 7) is 0. The van der Waals surface area contributed by atoms with Crippen LogP contribution in [0, 0.1) is 0 Å². The van der Waals surface area contributed by atoms with Gasteiger partial charge in [-0.05, 0) is 82.5 Å². The number of thioether (sulfide) groups is 3. The standard InChI is InChI=1S/C7H7BrN2O2S.C6H5BrN2O2S.C4H2Br2O3.C2H7IN2S/c1-12-6(11)5-4(8)3-9-7(10-5)13-2;1-12-6-8-2-3(7)4(9-6)5(10)11;5-2(1-7)3(6)4(8)9;1-6-2(4)5-3/h3H,1-2H3;2H,1H3,(H,10,11);1H,(H,8,9);2,5H,4H2,1H3/b;;3-2+;. The van der Waals surface area contributed by atoms with E-state index in [1.807, 2.05) is 35.4 Å². The molecule has 222 valence electrons. The number of esters is 1. The maximum atomic E-state index is 11.2. The summed E-state index contributed by atoms with van der Waals surface area (Å²) in [5.74, 6) is -2.70. The lowest BCUT2D eigenvalue weighted by molar-refractivity contribution is -0.131. The highest BCUT2D eigenvalue weighted by Gasteiger charge is 2.13. The second kappa shape index (κ2) is 24.1. The van der Waals surface area contributed by atoms with Crippen molar-refractivity contribution in [3.05, 3.63) is 41.7 Å².